The van der Waals surface area contributed by atoms with E-state index < -0.39 is 15.9 Å². The number of benzene rings is 2. The maximum Gasteiger partial charge on any atom is 0.255 e. The number of carbonyl (C=O) groups excluding carboxylic acids is 1. The van der Waals surface area contributed by atoms with Gasteiger partial charge in [-0.05, 0) is 36.4 Å². The van der Waals surface area contributed by atoms with E-state index in [-0.39, 0.29) is 16.3 Å². The molecular weight excluding hydrogens is 375 g/mol. The number of halogens is 2. The maximum absolute atomic E-state index is 12.4. The van der Waals surface area contributed by atoms with Gasteiger partial charge in [0, 0.05) is 10.6 Å². The Labute approximate surface area is 149 Å². The highest BCUT2D eigenvalue weighted by Crippen LogP contribution is 2.29. The van der Waals surface area contributed by atoms with Gasteiger partial charge in [0.15, 0.2) is 0 Å². The van der Waals surface area contributed by atoms with Crippen LogP contribution in [0.2, 0.25) is 10.0 Å². The second-order valence-electron chi connectivity index (χ2n) is 4.87. The van der Waals surface area contributed by atoms with Gasteiger partial charge in [-0.3, -0.25) is 9.52 Å². The van der Waals surface area contributed by atoms with Gasteiger partial charge in [-0.15, -0.1) is 0 Å². The first kappa shape index (κ1) is 18.4. The first-order chi connectivity index (χ1) is 11.2. The molecule has 0 atom stereocenters. The van der Waals surface area contributed by atoms with E-state index >= 15 is 0 Å². The molecule has 1 amide bonds. The lowest BCUT2D eigenvalue weighted by atomic mass is 10.2. The summed E-state index contributed by atoms with van der Waals surface area (Å²) < 4.78 is 30.1. The second kappa shape index (κ2) is 7.29. The Morgan fingerprint density at radius 2 is 1.79 bits per heavy atom. The van der Waals surface area contributed by atoms with Crippen molar-refractivity contribution < 1.29 is 17.9 Å². The predicted molar refractivity (Wildman–Crippen MR) is 95.9 cm³/mol. The second-order valence-corrected chi connectivity index (χ2v) is 7.46. The molecule has 0 aromatic heterocycles. The summed E-state index contributed by atoms with van der Waals surface area (Å²) in [7, 11) is -2.05. The summed E-state index contributed by atoms with van der Waals surface area (Å²) in [5, 5.41) is 3.27. The number of anilines is 2. The molecule has 0 radical (unpaired) electrons. The number of methoxy groups -OCH3 is 1. The molecule has 0 spiro atoms. The Morgan fingerprint density at radius 1 is 1.08 bits per heavy atom. The van der Waals surface area contributed by atoms with Crippen LogP contribution in [0, 0.1) is 0 Å². The lowest BCUT2D eigenvalue weighted by Gasteiger charge is -2.12. The van der Waals surface area contributed by atoms with Gasteiger partial charge >= 0.3 is 0 Å². The van der Waals surface area contributed by atoms with Crippen molar-refractivity contribution in [3.8, 4) is 5.75 Å². The summed E-state index contributed by atoms with van der Waals surface area (Å²) in [5.41, 5.74) is 0.722. The van der Waals surface area contributed by atoms with Crippen molar-refractivity contribution in [2.75, 3.05) is 23.4 Å². The number of hydrogen-bond acceptors (Lipinski definition) is 4. The van der Waals surface area contributed by atoms with Crippen molar-refractivity contribution in [2.45, 2.75) is 0 Å². The highest BCUT2D eigenvalue weighted by Gasteiger charge is 2.14. The minimum atomic E-state index is -3.52. The van der Waals surface area contributed by atoms with Crippen LogP contribution in [0.4, 0.5) is 11.4 Å². The van der Waals surface area contributed by atoms with Gasteiger partial charge in [-0.2, -0.15) is 0 Å². The summed E-state index contributed by atoms with van der Waals surface area (Å²) in [6, 6.07) is 9.05. The fourth-order valence-corrected chi connectivity index (χ4v) is 2.88. The van der Waals surface area contributed by atoms with E-state index in [0.29, 0.717) is 16.5 Å². The van der Waals surface area contributed by atoms with Crippen molar-refractivity contribution in [3.05, 3.63) is 52.0 Å². The van der Waals surface area contributed by atoms with E-state index in [0.717, 1.165) is 6.26 Å². The number of amides is 1. The summed E-state index contributed by atoms with van der Waals surface area (Å²) in [6.07, 6.45) is 0.993. The highest BCUT2D eigenvalue weighted by molar-refractivity contribution is 7.92. The molecular formula is C15H14Cl2N2O4S. The van der Waals surface area contributed by atoms with E-state index in [1.54, 1.807) is 18.2 Å². The van der Waals surface area contributed by atoms with Crippen LogP contribution in [0.25, 0.3) is 0 Å². The quantitative estimate of drug-likeness (QED) is 0.818. The third-order valence-corrected chi connectivity index (χ3v) is 4.09. The molecule has 2 N–H and O–H groups in total. The molecule has 0 fully saturated rings. The van der Waals surface area contributed by atoms with Gasteiger partial charge < -0.3 is 10.1 Å². The van der Waals surface area contributed by atoms with E-state index in [2.05, 4.69) is 10.0 Å². The molecule has 0 aliphatic heterocycles. The zero-order valence-corrected chi connectivity index (χ0v) is 15.1. The molecule has 0 unspecified atom stereocenters. The van der Waals surface area contributed by atoms with Crippen LogP contribution in [0.3, 0.4) is 0 Å². The number of hydrogen-bond donors (Lipinski definition) is 2. The Morgan fingerprint density at radius 3 is 2.42 bits per heavy atom. The van der Waals surface area contributed by atoms with Crippen LogP contribution in [0.1, 0.15) is 10.4 Å². The van der Waals surface area contributed by atoms with Crippen LogP contribution >= 0.6 is 23.2 Å². The zero-order chi connectivity index (χ0) is 17.9. The molecule has 2 aromatic carbocycles. The SMILES string of the molecule is COc1ccc(Cl)cc1NC(=O)c1ccc(Cl)c(NS(C)(=O)=O)c1. The number of rotatable bonds is 5. The molecule has 2 aromatic rings. The molecule has 9 heteroatoms. The average molecular weight is 389 g/mol. The van der Waals surface area contributed by atoms with Crippen LogP contribution in [0.5, 0.6) is 5.75 Å². The number of sulfonamides is 1. The maximum atomic E-state index is 12.4. The summed E-state index contributed by atoms with van der Waals surface area (Å²) >= 11 is 11.9. The van der Waals surface area contributed by atoms with E-state index in [4.69, 9.17) is 27.9 Å². The van der Waals surface area contributed by atoms with Crippen molar-refractivity contribution in [3.63, 3.8) is 0 Å². The molecule has 128 valence electrons. The number of ether oxygens (including phenoxy) is 1. The van der Waals surface area contributed by atoms with Gasteiger partial charge in [0.1, 0.15) is 5.75 Å². The molecule has 0 saturated carbocycles. The topological polar surface area (TPSA) is 84.5 Å². The Hall–Kier alpha value is -1.96. The van der Waals surface area contributed by atoms with Crippen molar-refractivity contribution >= 4 is 50.5 Å². The zero-order valence-electron chi connectivity index (χ0n) is 12.8. The average Bonchev–Trinajstić information content (AvgIpc) is 2.48. The van der Waals surface area contributed by atoms with Gasteiger partial charge in [0.25, 0.3) is 5.91 Å². The molecule has 0 heterocycles. The standard InChI is InChI=1S/C15H14Cl2N2O4S/c1-23-14-6-4-10(16)8-13(14)18-15(20)9-3-5-11(17)12(7-9)19-24(2,21)22/h3-8,19H,1-2H3,(H,18,20). The summed E-state index contributed by atoms with van der Waals surface area (Å²) in [6.45, 7) is 0. The molecule has 2 rings (SSSR count). The predicted octanol–water partition coefficient (Wildman–Crippen LogP) is 3.63. The van der Waals surface area contributed by atoms with Crippen LogP contribution in [-0.2, 0) is 10.0 Å². The van der Waals surface area contributed by atoms with Crippen molar-refractivity contribution in [1.29, 1.82) is 0 Å². The van der Waals surface area contributed by atoms with E-state index in [1.807, 2.05) is 0 Å². The van der Waals surface area contributed by atoms with Crippen LogP contribution < -0.4 is 14.8 Å². The fraction of sp³-hybridized carbons (Fsp3) is 0.133. The Balaban J connectivity index is 2.31. The van der Waals surface area contributed by atoms with Gasteiger partial charge in [-0.1, -0.05) is 23.2 Å². The third-order valence-electron chi connectivity index (χ3n) is 2.93. The van der Waals surface area contributed by atoms with E-state index in [1.165, 1.54) is 25.3 Å². The first-order valence-corrected chi connectivity index (χ1v) is 9.26. The number of nitrogens with one attached hydrogen (secondary N) is 2. The Bertz CT molecular complexity index is 885. The molecule has 0 aliphatic rings. The van der Waals surface area contributed by atoms with Gasteiger partial charge in [0.2, 0.25) is 10.0 Å². The Kier molecular flexibility index (Phi) is 5.58. The van der Waals surface area contributed by atoms with Crippen LogP contribution in [-0.4, -0.2) is 27.7 Å². The van der Waals surface area contributed by atoms with Gasteiger partial charge in [-0.25, -0.2) is 8.42 Å². The number of carbonyl (C=O) groups is 1. The smallest absolute Gasteiger partial charge is 0.255 e. The lowest BCUT2D eigenvalue weighted by molar-refractivity contribution is 0.102. The fourth-order valence-electron chi connectivity index (χ4n) is 1.92. The first-order valence-electron chi connectivity index (χ1n) is 6.62. The lowest BCUT2D eigenvalue weighted by Crippen LogP contribution is -2.14. The summed E-state index contributed by atoms with van der Waals surface area (Å²) in [4.78, 5) is 12.4. The highest BCUT2D eigenvalue weighted by atomic mass is 35.5. The molecule has 0 bridgehead atoms. The molecule has 6 nitrogen and oxygen atoms in total. The monoisotopic (exact) mass is 388 g/mol. The molecule has 0 aliphatic carbocycles. The largest absolute Gasteiger partial charge is 0.495 e. The summed E-state index contributed by atoms with van der Waals surface area (Å²) in [5.74, 6) is -0.0278. The minimum Gasteiger partial charge on any atom is -0.495 e. The van der Waals surface area contributed by atoms with Crippen molar-refractivity contribution in [1.82, 2.24) is 0 Å². The van der Waals surface area contributed by atoms with Gasteiger partial charge in [0.05, 0.1) is 29.8 Å². The van der Waals surface area contributed by atoms with Crippen molar-refractivity contribution in [2.24, 2.45) is 0 Å². The molecule has 24 heavy (non-hydrogen) atoms. The van der Waals surface area contributed by atoms with E-state index in [9.17, 15) is 13.2 Å². The minimum absolute atomic E-state index is 0.116. The molecule has 0 saturated heterocycles. The normalized spacial score (nSPS) is 11.0. The third kappa shape index (κ3) is 4.77. The van der Waals surface area contributed by atoms with Crippen LogP contribution in [0.15, 0.2) is 36.4 Å².